The quantitative estimate of drug-likeness (QED) is 0.617. The lowest BCUT2D eigenvalue weighted by molar-refractivity contribution is 0.293. The minimum atomic E-state index is 1.05. The van der Waals surface area contributed by atoms with Crippen LogP contribution in [0.25, 0.3) is 16.6 Å². The highest BCUT2D eigenvalue weighted by molar-refractivity contribution is 5.78. The molecule has 0 fully saturated rings. The Morgan fingerprint density at radius 2 is 1.72 bits per heavy atom. The summed E-state index contributed by atoms with van der Waals surface area (Å²) in [5, 5.41) is 2.75. The molecular formula is C25H34N4. The molecule has 0 unspecified atom stereocenters. The van der Waals surface area contributed by atoms with Crippen molar-refractivity contribution in [2.75, 3.05) is 33.7 Å². The van der Waals surface area contributed by atoms with Crippen molar-refractivity contribution < 1.29 is 0 Å². The van der Waals surface area contributed by atoms with E-state index in [1.165, 1.54) is 48.1 Å². The van der Waals surface area contributed by atoms with E-state index in [0.29, 0.717) is 0 Å². The van der Waals surface area contributed by atoms with Gasteiger partial charge in [0.15, 0.2) is 0 Å². The van der Waals surface area contributed by atoms with Crippen LogP contribution < -0.4 is 5.32 Å². The highest BCUT2D eigenvalue weighted by Crippen LogP contribution is 2.22. The van der Waals surface area contributed by atoms with Gasteiger partial charge in [0.25, 0.3) is 0 Å². The first-order valence-electron chi connectivity index (χ1n) is 10.7. The van der Waals surface area contributed by atoms with Crippen molar-refractivity contribution in [3.05, 3.63) is 72.1 Å². The second kappa shape index (κ2) is 10.9. The molecule has 0 aliphatic carbocycles. The Balaban J connectivity index is 0.000000755. The Kier molecular flexibility index (Phi) is 8.03. The number of aromatic nitrogens is 2. The summed E-state index contributed by atoms with van der Waals surface area (Å²) in [4.78, 5) is 7.14. The second-order valence-electron chi connectivity index (χ2n) is 7.73. The fourth-order valence-corrected chi connectivity index (χ4v) is 3.86. The Labute approximate surface area is 175 Å². The molecule has 0 saturated carbocycles. The Bertz CT molecular complexity index is 911. The van der Waals surface area contributed by atoms with Gasteiger partial charge in [-0.1, -0.05) is 48.5 Å². The molecule has 29 heavy (non-hydrogen) atoms. The molecule has 0 spiro atoms. The first kappa shape index (κ1) is 21.3. The Morgan fingerprint density at radius 1 is 0.966 bits per heavy atom. The minimum absolute atomic E-state index is 1.05. The van der Waals surface area contributed by atoms with E-state index in [0.717, 1.165) is 25.0 Å². The van der Waals surface area contributed by atoms with E-state index in [2.05, 4.69) is 81.3 Å². The largest absolute Gasteiger partial charge is 0.331 e. The molecule has 0 radical (unpaired) electrons. The van der Waals surface area contributed by atoms with Gasteiger partial charge in [-0.2, -0.15) is 0 Å². The van der Waals surface area contributed by atoms with Gasteiger partial charge in [0.1, 0.15) is 0 Å². The van der Waals surface area contributed by atoms with Crippen molar-refractivity contribution in [2.45, 2.75) is 32.7 Å². The molecule has 1 N–H and O–H groups in total. The molecule has 2 heterocycles. The number of fused-ring (bicyclic) bond motifs is 1. The van der Waals surface area contributed by atoms with Crippen molar-refractivity contribution in [3.63, 3.8) is 0 Å². The zero-order valence-corrected chi connectivity index (χ0v) is 18.1. The van der Waals surface area contributed by atoms with E-state index in [9.17, 15) is 0 Å². The molecule has 1 aliphatic rings. The second-order valence-corrected chi connectivity index (χ2v) is 7.73. The fourth-order valence-electron chi connectivity index (χ4n) is 3.86. The van der Waals surface area contributed by atoms with Gasteiger partial charge in [-0.05, 0) is 69.6 Å². The Morgan fingerprint density at radius 3 is 2.45 bits per heavy atom. The van der Waals surface area contributed by atoms with Crippen LogP contribution in [0.5, 0.6) is 0 Å². The maximum absolute atomic E-state index is 4.57. The van der Waals surface area contributed by atoms with Crippen molar-refractivity contribution in [1.29, 1.82) is 0 Å². The highest BCUT2D eigenvalue weighted by Gasteiger charge is 2.12. The van der Waals surface area contributed by atoms with Gasteiger partial charge in [0.2, 0.25) is 0 Å². The van der Waals surface area contributed by atoms with Crippen molar-refractivity contribution in [3.8, 4) is 0 Å². The van der Waals surface area contributed by atoms with Crippen LogP contribution in [0.1, 0.15) is 30.4 Å². The molecule has 4 heteroatoms. The average Bonchev–Trinajstić information content (AvgIpc) is 3.17. The van der Waals surface area contributed by atoms with Crippen LogP contribution in [-0.4, -0.2) is 48.2 Å². The highest BCUT2D eigenvalue weighted by atomic mass is 15.1. The predicted molar refractivity (Wildman–Crippen MR) is 124 cm³/mol. The molecule has 0 amide bonds. The molecular weight excluding hydrogens is 356 g/mol. The number of aryl methyl sites for hydroxylation is 2. The van der Waals surface area contributed by atoms with Gasteiger partial charge in [-0.3, -0.25) is 4.90 Å². The van der Waals surface area contributed by atoms with Crippen molar-refractivity contribution in [2.24, 2.45) is 0 Å². The van der Waals surface area contributed by atoms with Gasteiger partial charge in [-0.15, -0.1) is 0 Å². The molecule has 0 bridgehead atoms. The van der Waals surface area contributed by atoms with E-state index < -0.39 is 0 Å². The SMILES string of the molecule is CNC.Cc1cccc2c1ncn2CCCCN1CC=C(c2ccccc2)CC1. The summed E-state index contributed by atoms with van der Waals surface area (Å²) in [7, 11) is 3.75. The summed E-state index contributed by atoms with van der Waals surface area (Å²) >= 11 is 0. The number of unbranched alkanes of at least 4 members (excludes halogenated alkanes) is 1. The zero-order valence-electron chi connectivity index (χ0n) is 18.1. The van der Waals surface area contributed by atoms with E-state index >= 15 is 0 Å². The maximum Gasteiger partial charge on any atom is 0.0958 e. The normalized spacial score (nSPS) is 14.4. The molecule has 2 aromatic carbocycles. The minimum Gasteiger partial charge on any atom is -0.331 e. The molecule has 4 nitrogen and oxygen atoms in total. The van der Waals surface area contributed by atoms with Crippen LogP contribution in [0.2, 0.25) is 0 Å². The monoisotopic (exact) mass is 390 g/mol. The van der Waals surface area contributed by atoms with Crippen LogP contribution in [-0.2, 0) is 6.54 Å². The van der Waals surface area contributed by atoms with Gasteiger partial charge >= 0.3 is 0 Å². The molecule has 154 valence electrons. The molecule has 1 aliphatic heterocycles. The summed E-state index contributed by atoms with van der Waals surface area (Å²) < 4.78 is 2.30. The number of para-hydroxylation sites is 1. The first-order valence-corrected chi connectivity index (χ1v) is 10.7. The number of hydrogen-bond acceptors (Lipinski definition) is 3. The standard InChI is InChI=1S/C23H27N3.C2H7N/c1-19-8-7-11-22-23(19)24-18-26(22)15-6-5-14-25-16-12-21(13-17-25)20-9-3-2-4-10-20;1-3-2/h2-4,7-12,18H,5-6,13-17H2,1H3;3H,1-2H3. The predicted octanol–water partition coefficient (Wildman–Crippen LogP) is 4.75. The van der Waals surface area contributed by atoms with Crippen molar-refractivity contribution >= 4 is 16.6 Å². The maximum atomic E-state index is 4.57. The van der Waals surface area contributed by atoms with E-state index in [-0.39, 0.29) is 0 Å². The van der Waals surface area contributed by atoms with Crippen LogP contribution in [0, 0.1) is 6.92 Å². The lowest BCUT2D eigenvalue weighted by atomic mass is 9.99. The lowest BCUT2D eigenvalue weighted by Gasteiger charge is -2.26. The number of nitrogens with zero attached hydrogens (tertiary/aromatic N) is 3. The van der Waals surface area contributed by atoms with Gasteiger partial charge in [-0.25, -0.2) is 4.98 Å². The zero-order chi connectivity index (χ0) is 20.5. The summed E-state index contributed by atoms with van der Waals surface area (Å²) in [6.45, 7) is 6.63. The first-order chi connectivity index (χ1) is 14.2. The van der Waals surface area contributed by atoms with Gasteiger partial charge in [0, 0.05) is 19.6 Å². The molecule has 3 aromatic rings. The number of nitrogens with one attached hydrogen (secondary N) is 1. The van der Waals surface area contributed by atoms with Crippen molar-refractivity contribution in [1.82, 2.24) is 19.8 Å². The Hall–Kier alpha value is -2.43. The number of hydrogen-bond donors (Lipinski definition) is 1. The van der Waals surface area contributed by atoms with E-state index in [1.807, 2.05) is 20.4 Å². The van der Waals surface area contributed by atoms with Crippen LogP contribution >= 0.6 is 0 Å². The molecule has 0 atom stereocenters. The molecule has 4 rings (SSSR count). The summed E-state index contributed by atoms with van der Waals surface area (Å²) in [6, 6.07) is 17.2. The summed E-state index contributed by atoms with van der Waals surface area (Å²) in [5.41, 5.74) is 6.55. The number of imidazole rings is 1. The fraction of sp³-hybridized carbons (Fsp3) is 0.400. The molecule has 0 saturated heterocycles. The topological polar surface area (TPSA) is 33.1 Å². The van der Waals surface area contributed by atoms with Gasteiger partial charge < -0.3 is 9.88 Å². The summed E-state index contributed by atoms with van der Waals surface area (Å²) in [6.07, 6.45) is 8.00. The van der Waals surface area contributed by atoms with E-state index in [1.54, 1.807) is 0 Å². The third-order valence-electron chi connectivity index (χ3n) is 5.41. The van der Waals surface area contributed by atoms with E-state index in [4.69, 9.17) is 0 Å². The average molecular weight is 391 g/mol. The van der Waals surface area contributed by atoms with Crippen LogP contribution in [0.15, 0.2) is 60.9 Å². The lowest BCUT2D eigenvalue weighted by Crippen LogP contribution is -2.29. The smallest absolute Gasteiger partial charge is 0.0958 e. The molecule has 1 aromatic heterocycles. The summed E-state index contributed by atoms with van der Waals surface area (Å²) in [5.74, 6) is 0. The van der Waals surface area contributed by atoms with Gasteiger partial charge in [0.05, 0.1) is 17.4 Å². The number of rotatable bonds is 6. The third kappa shape index (κ3) is 5.78. The van der Waals surface area contributed by atoms with Crippen LogP contribution in [0.4, 0.5) is 0 Å². The third-order valence-corrected chi connectivity index (χ3v) is 5.41. The number of benzene rings is 2. The van der Waals surface area contributed by atoms with Crippen LogP contribution in [0.3, 0.4) is 0 Å².